The molecule has 148 valence electrons. The molecule has 1 N–H and O–H groups in total. The first-order chi connectivity index (χ1) is 14.2. The van der Waals surface area contributed by atoms with Crippen molar-refractivity contribution in [2.45, 2.75) is 13.3 Å². The molecule has 0 bridgehead atoms. The third-order valence-corrected chi connectivity index (χ3v) is 5.22. The Morgan fingerprint density at radius 3 is 2.24 bits per heavy atom. The van der Waals surface area contributed by atoms with E-state index in [2.05, 4.69) is 27.3 Å². The second kappa shape index (κ2) is 8.73. The van der Waals surface area contributed by atoms with Crippen molar-refractivity contribution < 1.29 is 4.79 Å². The van der Waals surface area contributed by atoms with Crippen molar-refractivity contribution in [3.8, 4) is 11.3 Å². The second-order valence-electron chi connectivity index (χ2n) is 7.10. The van der Waals surface area contributed by atoms with Crippen molar-refractivity contribution in [3.05, 3.63) is 72.3 Å². The molecule has 1 aliphatic heterocycles. The lowest BCUT2D eigenvalue weighted by Gasteiger charge is -2.35. The minimum absolute atomic E-state index is 0.0561. The van der Waals surface area contributed by atoms with Gasteiger partial charge in [0.15, 0.2) is 5.82 Å². The zero-order chi connectivity index (χ0) is 20.1. The topological polar surface area (TPSA) is 61.4 Å². The molecule has 2 heterocycles. The molecule has 2 aromatic carbocycles. The Balaban J connectivity index is 1.32. The number of carbonyl (C=O) groups is 1. The second-order valence-corrected chi connectivity index (χ2v) is 7.10. The summed E-state index contributed by atoms with van der Waals surface area (Å²) < 4.78 is 0. The van der Waals surface area contributed by atoms with Gasteiger partial charge >= 0.3 is 6.03 Å². The number of piperazine rings is 1. The summed E-state index contributed by atoms with van der Waals surface area (Å²) in [5.41, 5.74) is 4.01. The highest BCUT2D eigenvalue weighted by Crippen LogP contribution is 2.19. The number of rotatable bonds is 4. The SMILES string of the molecule is CCc1ccc(NC(=O)N2CCN(c3ccc(-c4ccccc4)nn3)CC2)cc1. The number of urea groups is 1. The first-order valence-corrected chi connectivity index (χ1v) is 10.0. The summed E-state index contributed by atoms with van der Waals surface area (Å²) in [5, 5.41) is 11.7. The van der Waals surface area contributed by atoms with Gasteiger partial charge in [0.2, 0.25) is 0 Å². The van der Waals surface area contributed by atoms with Crippen LogP contribution in [0, 0.1) is 0 Å². The molecule has 1 aliphatic rings. The molecular weight excluding hydrogens is 362 g/mol. The van der Waals surface area contributed by atoms with Crippen LogP contribution in [0.5, 0.6) is 0 Å². The number of hydrogen-bond donors (Lipinski definition) is 1. The van der Waals surface area contributed by atoms with E-state index in [1.165, 1.54) is 5.56 Å². The van der Waals surface area contributed by atoms with Gasteiger partial charge in [-0.15, -0.1) is 10.2 Å². The van der Waals surface area contributed by atoms with Gasteiger partial charge in [0.25, 0.3) is 0 Å². The van der Waals surface area contributed by atoms with Gasteiger partial charge < -0.3 is 15.1 Å². The van der Waals surface area contributed by atoms with E-state index in [0.29, 0.717) is 13.1 Å². The molecule has 1 fully saturated rings. The van der Waals surface area contributed by atoms with Crippen LogP contribution >= 0.6 is 0 Å². The summed E-state index contributed by atoms with van der Waals surface area (Å²) in [6.07, 6.45) is 0.991. The molecule has 29 heavy (non-hydrogen) atoms. The van der Waals surface area contributed by atoms with E-state index >= 15 is 0 Å². The van der Waals surface area contributed by atoms with E-state index in [4.69, 9.17) is 0 Å². The molecule has 3 aromatic rings. The molecular formula is C23H25N5O. The van der Waals surface area contributed by atoms with Crippen LogP contribution in [0.2, 0.25) is 0 Å². The van der Waals surface area contributed by atoms with Crippen molar-refractivity contribution in [1.29, 1.82) is 0 Å². The number of nitrogens with one attached hydrogen (secondary N) is 1. The number of nitrogens with zero attached hydrogens (tertiary/aromatic N) is 4. The van der Waals surface area contributed by atoms with Crippen LogP contribution in [-0.2, 0) is 6.42 Å². The number of anilines is 2. The van der Waals surface area contributed by atoms with Crippen LogP contribution in [-0.4, -0.2) is 47.3 Å². The lowest BCUT2D eigenvalue weighted by molar-refractivity contribution is 0.208. The molecule has 1 saturated heterocycles. The van der Waals surface area contributed by atoms with Gasteiger partial charge in [-0.05, 0) is 36.2 Å². The Labute approximate surface area is 171 Å². The van der Waals surface area contributed by atoms with Crippen LogP contribution in [0.4, 0.5) is 16.3 Å². The zero-order valence-corrected chi connectivity index (χ0v) is 16.6. The summed E-state index contributed by atoms with van der Waals surface area (Å²) in [5.74, 6) is 0.847. The Morgan fingerprint density at radius 2 is 1.62 bits per heavy atom. The quantitative estimate of drug-likeness (QED) is 0.733. The maximum atomic E-state index is 12.5. The average Bonchev–Trinajstić information content (AvgIpc) is 2.80. The van der Waals surface area contributed by atoms with Crippen molar-refractivity contribution in [2.24, 2.45) is 0 Å². The summed E-state index contributed by atoms with van der Waals surface area (Å²) >= 11 is 0. The van der Waals surface area contributed by atoms with Crippen LogP contribution in [0.1, 0.15) is 12.5 Å². The maximum Gasteiger partial charge on any atom is 0.321 e. The molecule has 0 atom stereocenters. The third-order valence-electron chi connectivity index (χ3n) is 5.22. The molecule has 1 aromatic heterocycles. The van der Waals surface area contributed by atoms with Gasteiger partial charge in [0.05, 0.1) is 5.69 Å². The van der Waals surface area contributed by atoms with Crippen molar-refractivity contribution in [3.63, 3.8) is 0 Å². The van der Waals surface area contributed by atoms with Crippen LogP contribution in [0.3, 0.4) is 0 Å². The predicted octanol–water partition coefficient (Wildman–Crippen LogP) is 4.06. The number of aryl methyl sites for hydroxylation is 1. The Hall–Kier alpha value is -3.41. The van der Waals surface area contributed by atoms with E-state index in [1.54, 1.807) is 0 Å². The molecule has 6 heteroatoms. The molecule has 2 amide bonds. The van der Waals surface area contributed by atoms with E-state index < -0.39 is 0 Å². The Kier molecular flexibility index (Phi) is 5.70. The third kappa shape index (κ3) is 4.54. The molecule has 0 radical (unpaired) electrons. The molecule has 6 nitrogen and oxygen atoms in total. The molecule has 0 spiro atoms. The number of amides is 2. The van der Waals surface area contributed by atoms with Crippen molar-refractivity contribution in [1.82, 2.24) is 15.1 Å². The molecule has 0 aliphatic carbocycles. The lowest BCUT2D eigenvalue weighted by atomic mass is 10.1. The summed E-state index contributed by atoms with van der Waals surface area (Å²) in [6.45, 7) is 4.90. The highest BCUT2D eigenvalue weighted by molar-refractivity contribution is 5.89. The number of aromatic nitrogens is 2. The number of benzene rings is 2. The fourth-order valence-electron chi connectivity index (χ4n) is 3.42. The Morgan fingerprint density at radius 1 is 0.897 bits per heavy atom. The van der Waals surface area contributed by atoms with E-state index in [-0.39, 0.29) is 6.03 Å². The fourth-order valence-corrected chi connectivity index (χ4v) is 3.42. The molecule has 0 saturated carbocycles. The summed E-state index contributed by atoms with van der Waals surface area (Å²) in [7, 11) is 0. The van der Waals surface area contributed by atoms with Crippen LogP contribution in [0.25, 0.3) is 11.3 Å². The zero-order valence-electron chi connectivity index (χ0n) is 16.6. The summed E-state index contributed by atoms with van der Waals surface area (Å²) in [4.78, 5) is 16.5. The smallest absolute Gasteiger partial charge is 0.321 e. The van der Waals surface area contributed by atoms with Gasteiger partial charge in [-0.1, -0.05) is 49.4 Å². The highest BCUT2D eigenvalue weighted by Gasteiger charge is 2.22. The van der Waals surface area contributed by atoms with Gasteiger partial charge in [-0.25, -0.2) is 4.79 Å². The van der Waals surface area contributed by atoms with Gasteiger partial charge in [-0.3, -0.25) is 0 Å². The normalized spacial score (nSPS) is 14.0. The van der Waals surface area contributed by atoms with Gasteiger partial charge in [0, 0.05) is 37.4 Å². The van der Waals surface area contributed by atoms with Gasteiger partial charge in [0.1, 0.15) is 0 Å². The van der Waals surface area contributed by atoms with E-state index in [1.807, 2.05) is 71.6 Å². The number of carbonyl (C=O) groups excluding carboxylic acids is 1. The molecule has 0 unspecified atom stereocenters. The highest BCUT2D eigenvalue weighted by atomic mass is 16.2. The standard InChI is InChI=1S/C23H25N5O/c1-2-18-8-10-20(11-9-18)24-23(29)28-16-14-27(15-17-28)22-13-12-21(25-26-22)19-6-4-3-5-7-19/h3-13H,2,14-17H2,1H3,(H,24,29). The van der Waals surface area contributed by atoms with Gasteiger partial charge in [-0.2, -0.15) is 0 Å². The van der Waals surface area contributed by atoms with E-state index in [0.717, 1.165) is 42.3 Å². The fraction of sp³-hybridized carbons (Fsp3) is 0.261. The van der Waals surface area contributed by atoms with E-state index in [9.17, 15) is 4.79 Å². The maximum absolute atomic E-state index is 12.5. The van der Waals surface area contributed by atoms with Crippen LogP contribution < -0.4 is 10.2 Å². The Bertz CT molecular complexity index is 933. The molecule has 4 rings (SSSR count). The number of hydrogen-bond acceptors (Lipinski definition) is 4. The largest absolute Gasteiger partial charge is 0.352 e. The summed E-state index contributed by atoms with van der Waals surface area (Å²) in [6, 6.07) is 22.0. The predicted molar refractivity (Wildman–Crippen MR) is 116 cm³/mol. The lowest BCUT2D eigenvalue weighted by Crippen LogP contribution is -2.50. The van der Waals surface area contributed by atoms with Crippen LogP contribution in [0.15, 0.2) is 66.7 Å². The first-order valence-electron chi connectivity index (χ1n) is 10.0. The van der Waals surface area contributed by atoms with Crippen molar-refractivity contribution in [2.75, 3.05) is 36.4 Å². The minimum Gasteiger partial charge on any atom is -0.352 e. The first kappa shape index (κ1) is 18.9. The average molecular weight is 387 g/mol. The monoisotopic (exact) mass is 387 g/mol. The minimum atomic E-state index is -0.0561. The van der Waals surface area contributed by atoms with Crippen molar-refractivity contribution >= 4 is 17.5 Å².